The van der Waals surface area contributed by atoms with Crippen molar-refractivity contribution in [3.8, 4) is 0 Å². The second-order valence-electron chi connectivity index (χ2n) is 6.08. The second-order valence-corrected chi connectivity index (χ2v) is 6.49. The van der Waals surface area contributed by atoms with E-state index in [-0.39, 0.29) is 5.82 Å². The summed E-state index contributed by atoms with van der Waals surface area (Å²) in [6.07, 6.45) is 1.53. The lowest BCUT2D eigenvalue weighted by Gasteiger charge is -2.35. The van der Waals surface area contributed by atoms with Gasteiger partial charge in [-0.1, -0.05) is 16.8 Å². The molecule has 0 aliphatic carbocycles. The van der Waals surface area contributed by atoms with Crippen LogP contribution in [0, 0.1) is 12.7 Å². The summed E-state index contributed by atoms with van der Waals surface area (Å²) in [5.41, 5.74) is 0.882. The SMILES string of the molecule is Cc1nc(CN2CCN(c3ccc4c(Cl)ccnc4c3F)CC2)no1. The number of halogens is 2. The number of hydrogen-bond donors (Lipinski definition) is 0. The Balaban J connectivity index is 1.49. The van der Waals surface area contributed by atoms with Gasteiger partial charge in [0, 0.05) is 44.7 Å². The molecule has 130 valence electrons. The molecular weight excluding hydrogens is 345 g/mol. The number of aryl methyl sites for hydroxylation is 1. The summed E-state index contributed by atoms with van der Waals surface area (Å²) in [6, 6.07) is 5.28. The van der Waals surface area contributed by atoms with Crippen LogP contribution in [0.15, 0.2) is 28.9 Å². The minimum atomic E-state index is -0.317. The molecule has 0 radical (unpaired) electrons. The van der Waals surface area contributed by atoms with Gasteiger partial charge in [0.1, 0.15) is 5.52 Å². The third-order valence-corrected chi connectivity index (χ3v) is 4.75. The monoisotopic (exact) mass is 361 g/mol. The van der Waals surface area contributed by atoms with Crippen LogP contribution in [0.5, 0.6) is 0 Å². The first-order valence-corrected chi connectivity index (χ1v) is 8.49. The molecule has 6 nitrogen and oxygen atoms in total. The molecular formula is C17H17ClFN5O. The fraction of sp³-hybridized carbons (Fsp3) is 0.353. The number of nitrogens with zero attached hydrogens (tertiary/aromatic N) is 5. The first-order valence-electron chi connectivity index (χ1n) is 8.11. The zero-order valence-electron chi connectivity index (χ0n) is 13.7. The Kier molecular flexibility index (Phi) is 4.27. The molecule has 0 atom stereocenters. The summed E-state index contributed by atoms with van der Waals surface area (Å²) in [6.45, 7) is 5.46. The maximum Gasteiger partial charge on any atom is 0.223 e. The molecule has 0 spiro atoms. The van der Waals surface area contributed by atoms with Crippen molar-refractivity contribution >= 4 is 28.2 Å². The zero-order valence-corrected chi connectivity index (χ0v) is 14.5. The summed E-state index contributed by atoms with van der Waals surface area (Å²) in [5, 5.41) is 5.07. The van der Waals surface area contributed by atoms with Crippen LogP contribution in [0.25, 0.3) is 10.9 Å². The molecule has 0 saturated carbocycles. The Morgan fingerprint density at radius 2 is 2.00 bits per heavy atom. The predicted octanol–water partition coefficient (Wildman–Crippen LogP) is 3.04. The van der Waals surface area contributed by atoms with E-state index in [1.54, 1.807) is 19.1 Å². The molecule has 1 saturated heterocycles. The van der Waals surface area contributed by atoms with E-state index in [0.29, 0.717) is 39.9 Å². The van der Waals surface area contributed by atoms with Gasteiger partial charge in [-0.3, -0.25) is 9.88 Å². The van der Waals surface area contributed by atoms with Gasteiger partial charge in [0.15, 0.2) is 11.6 Å². The van der Waals surface area contributed by atoms with Crippen LogP contribution in [0.2, 0.25) is 5.02 Å². The van der Waals surface area contributed by atoms with Crippen molar-refractivity contribution in [1.29, 1.82) is 0 Å². The number of hydrogen-bond acceptors (Lipinski definition) is 6. The van der Waals surface area contributed by atoms with Gasteiger partial charge in [-0.25, -0.2) is 4.39 Å². The highest BCUT2D eigenvalue weighted by atomic mass is 35.5. The molecule has 0 amide bonds. The minimum absolute atomic E-state index is 0.315. The molecule has 0 bridgehead atoms. The minimum Gasteiger partial charge on any atom is -0.367 e. The third-order valence-electron chi connectivity index (χ3n) is 4.43. The average Bonchev–Trinajstić information content (AvgIpc) is 3.02. The Hall–Kier alpha value is -2.25. The molecule has 2 aromatic heterocycles. The topological polar surface area (TPSA) is 58.3 Å². The molecule has 8 heteroatoms. The maximum atomic E-state index is 14.9. The van der Waals surface area contributed by atoms with E-state index in [1.807, 2.05) is 11.0 Å². The normalized spacial score (nSPS) is 15.9. The molecule has 0 N–H and O–H groups in total. The Morgan fingerprint density at radius 3 is 2.72 bits per heavy atom. The van der Waals surface area contributed by atoms with Crippen molar-refractivity contribution in [2.45, 2.75) is 13.5 Å². The van der Waals surface area contributed by atoms with Gasteiger partial charge in [-0.15, -0.1) is 0 Å². The molecule has 3 aromatic rings. The number of aromatic nitrogens is 3. The molecule has 0 unspecified atom stereocenters. The van der Waals surface area contributed by atoms with Crippen molar-refractivity contribution in [3.63, 3.8) is 0 Å². The van der Waals surface area contributed by atoms with Crippen LogP contribution in [0.1, 0.15) is 11.7 Å². The van der Waals surface area contributed by atoms with E-state index >= 15 is 0 Å². The molecule has 3 heterocycles. The third kappa shape index (κ3) is 3.17. The lowest BCUT2D eigenvalue weighted by Crippen LogP contribution is -2.46. The first-order chi connectivity index (χ1) is 12.1. The highest BCUT2D eigenvalue weighted by Crippen LogP contribution is 2.30. The fourth-order valence-electron chi connectivity index (χ4n) is 3.14. The van der Waals surface area contributed by atoms with Crippen LogP contribution < -0.4 is 4.90 Å². The Bertz CT molecular complexity index is 907. The summed E-state index contributed by atoms with van der Waals surface area (Å²) >= 11 is 6.12. The van der Waals surface area contributed by atoms with Crippen molar-refractivity contribution < 1.29 is 8.91 Å². The van der Waals surface area contributed by atoms with Crippen LogP contribution in [0.4, 0.5) is 10.1 Å². The highest BCUT2D eigenvalue weighted by Gasteiger charge is 2.22. The van der Waals surface area contributed by atoms with E-state index in [9.17, 15) is 4.39 Å². The fourth-order valence-corrected chi connectivity index (χ4v) is 3.35. The van der Waals surface area contributed by atoms with Crippen molar-refractivity contribution in [1.82, 2.24) is 20.0 Å². The summed E-state index contributed by atoms with van der Waals surface area (Å²) in [5.74, 6) is 0.932. The quantitative estimate of drug-likeness (QED) is 0.714. The van der Waals surface area contributed by atoms with Crippen LogP contribution >= 0.6 is 11.6 Å². The van der Waals surface area contributed by atoms with Gasteiger partial charge < -0.3 is 9.42 Å². The highest BCUT2D eigenvalue weighted by molar-refractivity contribution is 6.35. The largest absolute Gasteiger partial charge is 0.367 e. The molecule has 25 heavy (non-hydrogen) atoms. The second kappa shape index (κ2) is 6.57. The zero-order chi connectivity index (χ0) is 17.4. The number of anilines is 1. The number of fused-ring (bicyclic) bond motifs is 1. The predicted molar refractivity (Wildman–Crippen MR) is 93.2 cm³/mol. The molecule has 1 aliphatic rings. The van der Waals surface area contributed by atoms with Crippen LogP contribution in [-0.4, -0.2) is 46.2 Å². The van der Waals surface area contributed by atoms with E-state index in [2.05, 4.69) is 20.0 Å². The van der Waals surface area contributed by atoms with Gasteiger partial charge in [0.2, 0.25) is 5.89 Å². The van der Waals surface area contributed by atoms with Crippen molar-refractivity contribution in [2.24, 2.45) is 0 Å². The van der Waals surface area contributed by atoms with E-state index in [4.69, 9.17) is 16.1 Å². The number of piperazine rings is 1. The molecule has 1 aromatic carbocycles. The smallest absolute Gasteiger partial charge is 0.223 e. The molecule has 4 rings (SSSR count). The molecule has 1 aliphatic heterocycles. The first kappa shape index (κ1) is 16.2. The van der Waals surface area contributed by atoms with E-state index in [1.165, 1.54) is 6.20 Å². The lowest BCUT2D eigenvalue weighted by molar-refractivity contribution is 0.239. The lowest BCUT2D eigenvalue weighted by atomic mass is 10.1. The molecule has 1 fully saturated rings. The summed E-state index contributed by atoms with van der Waals surface area (Å²) < 4.78 is 19.9. The van der Waals surface area contributed by atoms with Gasteiger partial charge in [0.25, 0.3) is 0 Å². The van der Waals surface area contributed by atoms with Crippen molar-refractivity contribution in [3.05, 3.63) is 47.0 Å². The van der Waals surface area contributed by atoms with Gasteiger partial charge >= 0.3 is 0 Å². The maximum absolute atomic E-state index is 14.9. The van der Waals surface area contributed by atoms with Crippen LogP contribution in [-0.2, 0) is 6.54 Å². The van der Waals surface area contributed by atoms with E-state index in [0.717, 1.165) is 26.2 Å². The van der Waals surface area contributed by atoms with Gasteiger partial charge in [-0.05, 0) is 18.2 Å². The Morgan fingerprint density at radius 1 is 1.20 bits per heavy atom. The number of benzene rings is 1. The summed E-state index contributed by atoms with van der Waals surface area (Å²) in [7, 11) is 0. The van der Waals surface area contributed by atoms with Crippen LogP contribution in [0.3, 0.4) is 0 Å². The van der Waals surface area contributed by atoms with Crippen molar-refractivity contribution in [2.75, 3.05) is 31.1 Å². The summed E-state index contributed by atoms with van der Waals surface area (Å²) in [4.78, 5) is 12.6. The standard InChI is InChI=1S/C17H17ClFN5O/c1-11-21-15(22-25-11)10-23-6-8-24(9-7-23)14-3-2-12-13(18)4-5-20-17(12)16(14)19/h2-5H,6-10H2,1H3. The number of pyridine rings is 1. The van der Waals surface area contributed by atoms with Gasteiger partial charge in [0.05, 0.1) is 17.3 Å². The average molecular weight is 362 g/mol. The van der Waals surface area contributed by atoms with E-state index < -0.39 is 0 Å². The van der Waals surface area contributed by atoms with Gasteiger partial charge in [-0.2, -0.15) is 4.98 Å². The number of rotatable bonds is 3. The Labute approximate surface area is 149 Å².